The minimum atomic E-state index is -1.48. The van der Waals surface area contributed by atoms with Crippen molar-refractivity contribution in [3.63, 3.8) is 0 Å². The van der Waals surface area contributed by atoms with Crippen molar-refractivity contribution < 1.29 is 23.0 Å². The number of benzene rings is 2. The molecule has 3 rings (SSSR count). The average molecular weight is 280 g/mol. The van der Waals surface area contributed by atoms with Gasteiger partial charge in [-0.3, -0.25) is 0 Å². The summed E-state index contributed by atoms with van der Waals surface area (Å²) in [5.74, 6) is -2.52. The fourth-order valence-corrected chi connectivity index (χ4v) is 2.36. The van der Waals surface area contributed by atoms with Gasteiger partial charge in [-0.2, -0.15) is 0 Å². The van der Waals surface area contributed by atoms with Gasteiger partial charge in [0.1, 0.15) is 29.3 Å². The summed E-state index contributed by atoms with van der Waals surface area (Å²) in [6.45, 7) is 0.550. The lowest BCUT2D eigenvalue weighted by Gasteiger charge is -2.14. The van der Waals surface area contributed by atoms with E-state index < -0.39 is 29.1 Å². The Morgan fingerprint density at radius 1 is 1.05 bits per heavy atom. The molecule has 5 heteroatoms. The first-order chi connectivity index (χ1) is 9.56. The standard InChI is InChI=1S/C15H11F3O2/c16-10-6-11(17)14(12(18)7-10)15(19)9-1-2-13-8(5-9)3-4-20-13/h1-2,5-7,15,19H,3-4H2. The Kier molecular flexibility index (Phi) is 3.14. The summed E-state index contributed by atoms with van der Waals surface area (Å²) in [5.41, 5.74) is 0.674. The van der Waals surface area contributed by atoms with E-state index in [4.69, 9.17) is 4.74 Å². The molecule has 1 aliphatic heterocycles. The van der Waals surface area contributed by atoms with E-state index in [0.29, 0.717) is 36.5 Å². The molecule has 0 saturated heterocycles. The lowest BCUT2D eigenvalue weighted by molar-refractivity contribution is 0.208. The Hall–Kier alpha value is -2.01. The van der Waals surface area contributed by atoms with Gasteiger partial charge in [0, 0.05) is 18.6 Å². The third kappa shape index (κ3) is 2.14. The quantitative estimate of drug-likeness (QED) is 0.916. The fourth-order valence-electron chi connectivity index (χ4n) is 2.36. The van der Waals surface area contributed by atoms with Gasteiger partial charge in [-0.05, 0) is 23.3 Å². The maximum Gasteiger partial charge on any atom is 0.135 e. The Morgan fingerprint density at radius 2 is 1.75 bits per heavy atom. The van der Waals surface area contributed by atoms with Gasteiger partial charge in [0.2, 0.25) is 0 Å². The normalized spacial score (nSPS) is 14.8. The zero-order chi connectivity index (χ0) is 14.3. The zero-order valence-corrected chi connectivity index (χ0v) is 10.4. The van der Waals surface area contributed by atoms with Gasteiger partial charge >= 0.3 is 0 Å². The summed E-state index contributed by atoms with van der Waals surface area (Å²) in [4.78, 5) is 0. The third-order valence-corrected chi connectivity index (χ3v) is 3.35. The van der Waals surface area contributed by atoms with E-state index in [0.717, 1.165) is 5.56 Å². The van der Waals surface area contributed by atoms with E-state index in [1.165, 1.54) is 6.07 Å². The second-order valence-corrected chi connectivity index (χ2v) is 4.65. The zero-order valence-electron chi connectivity index (χ0n) is 10.4. The highest BCUT2D eigenvalue weighted by molar-refractivity contribution is 5.43. The van der Waals surface area contributed by atoms with E-state index in [1.54, 1.807) is 12.1 Å². The summed E-state index contributed by atoms with van der Waals surface area (Å²) >= 11 is 0. The van der Waals surface area contributed by atoms with Crippen LogP contribution in [0.15, 0.2) is 30.3 Å². The average Bonchev–Trinajstić information content (AvgIpc) is 2.84. The van der Waals surface area contributed by atoms with Crippen molar-refractivity contribution in [3.8, 4) is 5.75 Å². The predicted molar refractivity (Wildman–Crippen MR) is 66.0 cm³/mol. The van der Waals surface area contributed by atoms with E-state index >= 15 is 0 Å². The van der Waals surface area contributed by atoms with Gasteiger partial charge in [-0.15, -0.1) is 0 Å². The molecular weight excluding hydrogens is 269 g/mol. The third-order valence-electron chi connectivity index (χ3n) is 3.35. The Balaban J connectivity index is 2.03. The van der Waals surface area contributed by atoms with Crippen molar-refractivity contribution in [2.45, 2.75) is 12.5 Å². The first kappa shape index (κ1) is 13.0. The van der Waals surface area contributed by atoms with Crippen molar-refractivity contribution in [2.24, 2.45) is 0 Å². The molecule has 0 aromatic heterocycles. The van der Waals surface area contributed by atoms with Gasteiger partial charge in [0.05, 0.1) is 12.2 Å². The molecule has 0 radical (unpaired) electrons. The van der Waals surface area contributed by atoms with Crippen LogP contribution in [0.2, 0.25) is 0 Å². The number of fused-ring (bicyclic) bond motifs is 1. The molecular formula is C15H11F3O2. The summed E-state index contributed by atoms with van der Waals surface area (Å²) in [5, 5.41) is 10.1. The molecule has 0 amide bonds. The lowest BCUT2D eigenvalue weighted by atomic mass is 9.98. The van der Waals surface area contributed by atoms with E-state index in [2.05, 4.69) is 0 Å². The summed E-state index contributed by atoms with van der Waals surface area (Å²) in [6, 6.07) is 5.95. The largest absolute Gasteiger partial charge is 0.493 e. The number of rotatable bonds is 2. The van der Waals surface area contributed by atoms with Crippen molar-refractivity contribution >= 4 is 0 Å². The summed E-state index contributed by atoms with van der Waals surface area (Å²) in [7, 11) is 0. The van der Waals surface area contributed by atoms with Crippen LogP contribution in [0.5, 0.6) is 5.75 Å². The van der Waals surface area contributed by atoms with Gasteiger partial charge in [0.25, 0.3) is 0 Å². The van der Waals surface area contributed by atoms with Crippen LogP contribution in [0.3, 0.4) is 0 Å². The predicted octanol–water partition coefficient (Wildman–Crippen LogP) is 3.12. The highest BCUT2D eigenvalue weighted by Crippen LogP contribution is 2.32. The smallest absolute Gasteiger partial charge is 0.135 e. The molecule has 0 bridgehead atoms. The fraction of sp³-hybridized carbons (Fsp3) is 0.200. The molecule has 1 aliphatic rings. The molecule has 20 heavy (non-hydrogen) atoms. The maximum atomic E-state index is 13.7. The highest BCUT2D eigenvalue weighted by atomic mass is 19.1. The number of aliphatic hydroxyl groups excluding tert-OH is 1. The van der Waals surface area contributed by atoms with Gasteiger partial charge < -0.3 is 9.84 Å². The first-order valence-electron chi connectivity index (χ1n) is 6.14. The van der Waals surface area contributed by atoms with Gasteiger partial charge in [0.15, 0.2) is 0 Å². The number of aliphatic hydroxyl groups is 1. The molecule has 0 saturated carbocycles. The second-order valence-electron chi connectivity index (χ2n) is 4.65. The van der Waals surface area contributed by atoms with Gasteiger partial charge in [-0.25, -0.2) is 13.2 Å². The highest BCUT2D eigenvalue weighted by Gasteiger charge is 2.23. The summed E-state index contributed by atoms with van der Waals surface area (Å²) in [6.07, 6.45) is -0.800. The van der Waals surface area contributed by atoms with Crippen LogP contribution < -0.4 is 4.74 Å². The molecule has 1 unspecified atom stereocenters. The second kappa shape index (κ2) is 4.83. The lowest BCUT2D eigenvalue weighted by Crippen LogP contribution is -2.07. The van der Waals surface area contributed by atoms with Crippen LogP contribution in [0.1, 0.15) is 22.8 Å². The van der Waals surface area contributed by atoms with E-state index in [9.17, 15) is 18.3 Å². The maximum absolute atomic E-state index is 13.7. The van der Waals surface area contributed by atoms with Crippen molar-refractivity contribution in [2.75, 3.05) is 6.61 Å². The first-order valence-corrected chi connectivity index (χ1v) is 6.14. The minimum Gasteiger partial charge on any atom is -0.493 e. The Bertz CT molecular complexity index is 647. The molecule has 2 aromatic carbocycles. The molecule has 2 nitrogen and oxygen atoms in total. The Morgan fingerprint density at radius 3 is 2.45 bits per heavy atom. The number of halogens is 3. The van der Waals surface area contributed by atoms with E-state index in [-0.39, 0.29) is 0 Å². The van der Waals surface area contributed by atoms with Crippen LogP contribution >= 0.6 is 0 Å². The molecule has 2 aromatic rings. The number of hydrogen-bond acceptors (Lipinski definition) is 2. The van der Waals surface area contributed by atoms with Crippen LogP contribution in [0.25, 0.3) is 0 Å². The van der Waals surface area contributed by atoms with Crippen molar-refractivity contribution in [1.29, 1.82) is 0 Å². The molecule has 0 aliphatic carbocycles. The summed E-state index contributed by atoms with van der Waals surface area (Å²) < 4.78 is 45.5. The SMILES string of the molecule is OC(c1ccc2c(c1)CCO2)c1c(F)cc(F)cc1F. The topological polar surface area (TPSA) is 29.5 Å². The van der Waals surface area contributed by atoms with Crippen LogP contribution in [-0.4, -0.2) is 11.7 Å². The van der Waals surface area contributed by atoms with Crippen LogP contribution in [-0.2, 0) is 6.42 Å². The monoisotopic (exact) mass is 280 g/mol. The van der Waals surface area contributed by atoms with Crippen LogP contribution in [0, 0.1) is 17.5 Å². The molecule has 1 heterocycles. The van der Waals surface area contributed by atoms with Gasteiger partial charge in [-0.1, -0.05) is 6.07 Å². The molecule has 1 atom stereocenters. The molecule has 0 spiro atoms. The number of hydrogen-bond donors (Lipinski definition) is 1. The van der Waals surface area contributed by atoms with Crippen molar-refractivity contribution in [1.82, 2.24) is 0 Å². The number of ether oxygens (including phenoxy) is 1. The minimum absolute atomic E-state index is 0.346. The van der Waals surface area contributed by atoms with Crippen molar-refractivity contribution in [3.05, 3.63) is 64.5 Å². The molecule has 104 valence electrons. The molecule has 1 N–H and O–H groups in total. The van der Waals surface area contributed by atoms with Crippen LogP contribution in [0.4, 0.5) is 13.2 Å². The Labute approximate surface area is 113 Å². The molecule has 0 fully saturated rings. The van der Waals surface area contributed by atoms with E-state index in [1.807, 2.05) is 0 Å².